The number of alkyl carbamates (subject to hydrolysis) is 1. The van der Waals surface area contributed by atoms with Crippen molar-refractivity contribution in [1.29, 1.82) is 0 Å². The van der Waals surface area contributed by atoms with Crippen LogP contribution in [0.4, 0.5) is 4.79 Å². The molecule has 32 heavy (non-hydrogen) atoms. The molecule has 0 radical (unpaired) electrons. The molecule has 1 fully saturated rings. The van der Waals surface area contributed by atoms with Gasteiger partial charge in [-0.15, -0.1) is 0 Å². The van der Waals surface area contributed by atoms with E-state index in [1.807, 2.05) is 74.5 Å². The molecule has 2 aliphatic rings. The van der Waals surface area contributed by atoms with Gasteiger partial charge in [-0.2, -0.15) is 5.01 Å². The lowest BCUT2D eigenvalue weighted by molar-refractivity contribution is -0.138. The second-order valence-corrected chi connectivity index (χ2v) is 8.21. The molecular formula is C24H25N3O5. The number of rotatable bonds is 5. The number of hydrazine groups is 1. The average molecular weight is 435 g/mol. The molecular weight excluding hydrogens is 410 g/mol. The summed E-state index contributed by atoms with van der Waals surface area (Å²) < 4.78 is 10.3. The third-order valence-corrected chi connectivity index (χ3v) is 5.81. The molecule has 1 N–H and O–H groups in total. The summed E-state index contributed by atoms with van der Waals surface area (Å²) in [5, 5.41) is 5.91. The number of carbonyl (C=O) groups excluding carboxylic acids is 3. The highest BCUT2D eigenvalue weighted by Crippen LogP contribution is 2.46. The van der Waals surface area contributed by atoms with Crippen LogP contribution in [0.3, 0.4) is 0 Å². The molecule has 2 aromatic carbocycles. The van der Waals surface area contributed by atoms with Crippen molar-refractivity contribution in [3.63, 3.8) is 0 Å². The number of methoxy groups -OCH3 is 1. The lowest BCUT2D eigenvalue weighted by Gasteiger charge is -2.38. The Balaban J connectivity index is 1.58. The minimum absolute atomic E-state index is 0.0977. The number of fused-ring (bicyclic) bond motifs is 1. The quantitative estimate of drug-likeness (QED) is 0.727. The van der Waals surface area contributed by atoms with E-state index >= 15 is 0 Å². The number of hydrogen-bond acceptors (Lipinski definition) is 6. The Morgan fingerprint density at radius 2 is 1.66 bits per heavy atom. The normalized spacial score (nSPS) is 21.7. The Hall–Kier alpha value is -3.65. The van der Waals surface area contributed by atoms with E-state index in [-0.39, 0.29) is 12.5 Å². The number of hydrogen-bond donors (Lipinski definition) is 1. The molecule has 0 aliphatic carbocycles. The van der Waals surface area contributed by atoms with Gasteiger partial charge in [0.25, 0.3) is 5.91 Å². The van der Waals surface area contributed by atoms with Crippen LogP contribution in [0, 0.1) is 0 Å². The molecule has 8 nitrogen and oxygen atoms in total. The lowest BCUT2D eigenvalue weighted by atomic mass is 9.90. The topological polar surface area (TPSA) is 88.2 Å². The third kappa shape index (κ3) is 3.73. The molecule has 0 aromatic heterocycles. The zero-order chi connectivity index (χ0) is 22.9. The number of carbonyl (C=O) groups is 3. The number of ether oxygens (including phenoxy) is 2. The van der Waals surface area contributed by atoms with Crippen molar-refractivity contribution < 1.29 is 23.9 Å². The minimum atomic E-state index is -0.868. The predicted octanol–water partition coefficient (Wildman–Crippen LogP) is 2.93. The summed E-state index contributed by atoms with van der Waals surface area (Å²) in [4.78, 5) is 38.2. The Kier molecular flexibility index (Phi) is 5.71. The molecule has 8 heteroatoms. The van der Waals surface area contributed by atoms with Gasteiger partial charge >= 0.3 is 12.1 Å². The van der Waals surface area contributed by atoms with Crippen LogP contribution in [0.1, 0.15) is 31.0 Å². The molecule has 1 saturated heterocycles. The fraction of sp³-hybridized carbons (Fsp3) is 0.292. The second kappa shape index (κ2) is 8.47. The van der Waals surface area contributed by atoms with Crippen molar-refractivity contribution in [3.05, 3.63) is 83.6 Å². The van der Waals surface area contributed by atoms with Gasteiger partial charge in [0.2, 0.25) is 0 Å². The molecule has 4 rings (SSSR count). The molecule has 0 spiro atoms. The number of esters is 1. The highest BCUT2D eigenvalue weighted by atomic mass is 16.5. The number of nitrogens with one attached hydrogen (secondary N) is 1. The average Bonchev–Trinajstić information content (AvgIpc) is 3.30. The van der Waals surface area contributed by atoms with Crippen molar-refractivity contribution in [3.8, 4) is 0 Å². The van der Waals surface area contributed by atoms with Gasteiger partial charge < -0.3 is 14.8 Å². The highest BCUT2D eigenvalue weighted by Gasteiger charge is 2.59. The van der Waals surface area contributed by atoms with Crippen molar-refractivity contribution in [2.24, 2.45) is 0 Å². The van der Waals surface area contributed by atoms with Gasteiger partial charge in [-0.1, -0.05) is 60.7 Å². The third-order valence-electron chi connectivity index (χ3n) is 5.81. The van der Waals surface area contributed by atoms with Gasteiger partial charge in [0.05, 0.1) is 24.3 Å². The lowest BCUT2D eigenvalue weighted by Crippen LogP contribution is -2.55. The summed E-state index contributed by atoms with van der Waals surface area (Å²) in [6.07, 6.45) is 0.806. The summed E-state index contributed by atoms with van der Waals surface area (Å²) in [5.41, 5.74) is 1.18. The smallest absolute Gasteiger partial charge is 0.408 e. The fourth-order valence-corrected chi connectivity index (χ4v) is 4.23. The van der Waals surface area contributed by atoms with Gasteiger partial charge in [-0.25, -0.2) is 14.6 Å². The van der Waals surface area contributed by atoms with E-state index in [9.17, 15) is 14.4 Å². The Bertz CT molecular complexity index is 1050. The monoisotopic (exact) mass is 435 g/mol. The van der Waals surface area contributed by atoms with Crippen LogP contribution < -0.4 is 5.32 Å². The first-order valence-corrected chi connectivity index (χ1v) is 10.3. The van der Waals surface area contributed by atoms with Crippen LogP contribution in [-0.2, 0) is 25.7 Å². The van der Waals surface area contributed by atoms with Crippen LogP contribution in [0.2, 0.25) is 0 Å². The molecule has 0 saturated carbocycles. The van der Waals surface area contributed by atoms with E-state index in [4.69, 9.17) is 9.47 Å². The molecule has 0 bridgehead atoms. The van der Waals surface area contributed by atoms with E-state index < -0.39 is 29.7 Å². The Morgan fingerprint density at radius 1 is 1.03 bits per heavy atom. The van der Waals surface area contributed by atoms with Crippen molar-refractivity contribution >= 4 is 18.0 Å². The van der Waals surface area contributed by atoms with Crippen molar-refractivity contribution in [2.75, 3.05) is 7.11 Å². The largest absolute Gasteiger partial charge is 0.466 e. The number of nitrogens with zero attached hydrogens (tertiary/aromatic N) is 2. The molecule has 0 unspecified atom stereocenters. The standard InChI is InChI=1S/C24H25N3O5/c1-24(2)20(25-23(30)32-15-16-10-6-4-7-11-16)21(28)26-14-18(22(29)31-3)19(27(24)26)17-12-8-5-9-13-17/h4-14,19-20H,15H2,1-3H3,(H,25,30)/t19-,20-/m0/s1. The van der Waals surface area contributed by atoms with Crippen LogP contribution >= 0.6 is 0 Å². The van der Waals surface area contributed by atoms with Gasteiger partial charge in [-0.05, 0) is 25.0 Å². The van der Waals surface area contributed by atoms with Crippen molar-refractivity contribution in [1.82, 2.24) is 15.3 Å². The van der Waals surface area contributed by atoms with Crippen LogP contribution in [0.15, 0.2) is 72.4 Å². The molecule has 2 amide bonds. The molecule has 2 atom stereocenters. The SMILES string of the molecule is COC(=O)C1=CN2C(=O)[C@H](NC(=O)OCc3ccccc3)C(C)(C)N2[C@H]1c1ccccc1. The molecule has 166 valence electrons. The van der Waals surface area contributed by atoms with E-state index in [0.29, 0.717) is 5.57 Å². The summed E-state index contributed by atoms with van der Waals surface area (Å²) in [7, 11) is 1.31. The number of benzene rings is 2. The summed E-state index contributed by atoms with van der Waals surface area (Å²) >= 11 is 0. The highest BCUT2D eigenvalue weighted by molar-refractivity contribution is 5.95. The van der Waals surface area contributed by atoms with E-state index in [1.165, 1.54) is 18.3 Å². The zero-order valence-corrected chi connectivity index (χ0v) is 18.1. The Morgan fingerprint density at radius 3 is 2.28 bits per heavy atom. The minimum Gasteiger partial charge on any atom is -0.466 e. The predicted molar refractivity (Wildman–Crippen MR) is 116 cm³/mol. The van der Waals surface area contributed by atoms with Crippen LogP contribution in [0.25, 0.3) is 0 Å². The zero-order valence-electron chi connectivity index (χ0n) is 18.1. The fourth-order valence-electron chi connectivity index (χ4n) is 4.23. The summed E-state index contributed by atoms with van der Waals surface area (Å²) in [6.45, 7) is 3.79. The maximum Gasteiger partial charge on any atom is 0.408 e. The van der Waals surface area contributed by atoms with Gasteiger partial charge in [0.1, 0.15) is 12.6 Å². The maximum atomic E-state index is 13.3. The first-order valence-electron chi connectivity index (χ1n) is 10.3. The molecule has 2 aliphatic heterocycles. The van der Waals surface area contributed by atoms with E-state index in [0.717, 1.165) is 11.1 Å². The summed E-state index contributed by atoms with van der Waals surface area (Å²) in [5.74, 6) is -0.866. The van der Waals surface area contributed by atoms with Gasteiger partial charge in [0, 0.05) is 6.20 Å². The summed E-state index contributed by atoms with van der Waals surface area (Å²) in [6, 6.07) is 17.3. The molecule has 2 heterocycles. The van der Waals surface area contributed by atoms with Crippen LogP contribution in [-0.4, -0.2) is 46.7 Å². The van der Waals surface area contributed by atoms with E-state index in [2.05, 4.69) is 5.32 Å². The van der Waals surface area contributed by atoms with Crippen molar-refractivity contribution in [2.45, 2.75) is 38.1 Å². The van der Waals surface area contributed by atoms with Crippen LogP contribution in [0.5, 0.6) is 0 Å². The second-order valence-electron chi connectivity index (χ2n) is 8.21. The van der Waals surface area contributed by atoms with E-state index in [1.54, 1.807) is 5.01 Å². The Labute approximate surface area is 186 Å². The first-order chi connectivity index (χ1) is 15.3. The van der Waals surface area contributed by atoms with Gasteiger partial charge in [0.15, 0.2) is 0 Å². The first kappa shape index (κ1) is 21.6. The molecule has 2 aromatic rings. The van der Waals surface area contributed by atoms with Gasteiger partial charge in [-0.3, -0.25) is 4.79 Å². The number of amides is 2. The maximum absolute atomic E-state index is 13.3.